The molecule has 0 aliphatic carbocycles. The third-order valence-corrected chi connectivity index (χ3v) is 3.44. The van der Waals surface area contributed by atoms with Crippen molar-refractivity contribution in [2.24, 2.45) is 0 Å². The highest BCUT2D eigenvalue weighted by Gasteiger charge is 2.02. The summed E-state index contributed by atoms with van der Waals surface area (Å²) < 4.78 is 0. The average molecular weight is 284 g/mol. The summed E-state index contributed by atoms with van der Waals surface area (Å²) >= 11 is 0. The van der Waals surface area contributed by atoms with Gasteiger partial charge in [-0.25, -0.2) is 0 Å². The van der Waals surface area contributed by atoms with E-state index in [0.717, 1.165) is 29.1 Å². The van der Waals surface area contributed by atoms with Crippen molar-refractivity contribution in [2.75, 3.05) is 10.6 Å². The van der Waals surface area contributed by atoms with Gasteiger partial charge in [-0.1, -0.05) is 60.1 Å². The first-order valence-corrected chi connectivity index (χ1v) is 7.31. The van der Waals surface area contributed by atoms with Gasteiger partial charge in [-0.2, -0.15) is 0 Å². The number of para-hydroxylation sites is 3. The number of rotatable bonds is 5. The standard InChI is InChI=1S/C19H17BN2/c20-16-12-10-15(11-13-16)14-21-18-8-4-5-9-19(18)22-17-6-2-1-3-7-17/h1-13,21-22H,14H2. The molecule has 0 saturated carbocycles. The highest BCUT2D eigenvalue weighted by Crippen LogP contribution is 2.25. The predicted molar refractivity (Wildman–Crippen MR) is 95.3 cm³/mol. The van der Waals surface area contributed by atoms with Gasteiger partial charge < -0.3 is 10.6 Å². The van der Waals surface area contributed by atoms with Gasteiger partial charge in [0.1, 0.15) is 7.85 Å². The summed E-state index contributed by atoms with van der Waals surface area (Å²) in [5.74, 6) is 0. The average Bonchev–Trinajstić information content (AvgIpc) is 2.56. The number of anilines is 3. The summed E-state index contributed by atoms with van der Waals surface area (Å²) in [6, 6.07) is 26.3. The van der Waals surface area contributed by atoms with Gasteiger partial charge in [0.15, 0.2) is 0 Å². The molecule has 0 aliphatic rings. The predicted octanol–water partition coefficient (Wildman–Crippen LogP) is 3.84. The van der Waals surface area contributed by atoms with Gasteiger partial charge in [-0.3, -0.25) is 0 Å². The van der Waals surface area contributed by atoms with E-state index in [1.54, 1.807) is 0 Å². The van der Waals surface area contributed by atoms with Crippen molar-refractivity contribution in [3.8, 4) is 0 Å². The number of hydrogen-bond acceptors (Lipinski definition) is 2. The summed E-state index contributed by atoms with van der Waals surface area (Å²) in [4.78, 5) is 0. The van der Waals surface area contributed by atoms with Crippen molar-refractivity contribution in [1.29, 1.82) is 0 Å². The van der Waals surface area contributed by atoms with Gasteiger partial charge in [0, 0.05) is 12.2 Å². The van der Waals surface area contributed by atoms with Crippen LogP contribution in [0, 0.1) is 0 Å². The van der Waals surface area contributed by atoms with Crippen LogP contribution in [0.15, 0.2) is 78.9 Å². The lowest BCUT2D eigenvalue weighted by Gasteiger charge is -2.14. The van der Waals surface area contributed by atoms with Crippen LogP contribution in [0.4, 0.5) is 17.1 Å². The Morgan fingerprint density at radius 1 is 0.682 bits per heavy atom. The molecule has 22 heavy (non-hydrogen) atoms. The molecule has 0 bridgehead atoms. The molecule has 0 heterocycles. The highest BCUT2D eigenvalue weighted by molar-refractivity contribution is 6.32. The third kappa shape index (κ3) is 3.70. The molecule has 0 aromatic heterocycles. The van der Waals surface area contributed by atoms with Gasteiger partial charge in [-0.15, -0.1) is 0 Å². The summed E-state index contributed by atoms with van der Waals surface area (Å²) in [6.07, 6.45) is 0. The van der Waals surface area contributed by atoms with Crippen LogP contribution in [0.2, 0.25) is 0 Å². The molecule has 0 unspecified atom stereocenters. The zero-order chi connectivity index (χ0) is 15.2. The minimum atomic E-state index is 0.758. The molecular weight excluding hydrogens is 267 g/mol. The monoisotopic (exact) mass is 284 g/mol. The lowest BCUT2D eigenvalue weighted by atomic mass is 9.95. The molecule has 2 radical (unpaired) electrons. The van der Waals surface area contributed by atoms with Crippen molar-refractivity contribution >= 4 is 30.4 Å². The topological polar surface area (TPSA) is 24.1 Å². The Morgan fingerprint density at radius 3 is 2.05 bits per heavy atom. The molecule has 106 valence electrons. The Morgan fingerprint density at radius 2 is 1.32 bits per heavy atom. The summed E-state index contributed by atoms with van der Waals surface area (Å²) in [7, 11) is 5.71. The second-order valence-corrected chi connectivity index (χ2v) is 5.13. The van der Waals surface area contributed by atoms with Crippen LogP contribution in [0.3, 0.4) is 0 Å². The summed E-state index contributed by atoms with van der Waals surface area (Å²) in [5, 5.41) is 6.90. The lowest BCUT2D eigenvalue weighted by Crippen LogP contribution is -2.05. The molecule has 3 aromatic rings. The molecule has 0 aliphatic heterocycles. The fourth-order valence-corrected chi connectivity index (χ4v) is 2.26. The van der Waals surface area contributed by atoms with E-state index < -0.39 is 0 Å². The molecule has 3 aromatic carbocycles. The normalized spacial score (nSPS) is 10.2. The Balaban J connectivity index is 1.72. The maximum Gasteiger partial charge on any atom is 0.113 e. The van der Waals surface area contributed by atoms with E-state index in [1.165, 1.54) is 5.56 Å². The van der Waals surface area contributed by atoms with Gasteiger partial charge in [0.2, 0.25) is 0 Å². The lowest BCUT2D eigenvalue weighted by molar-refractivity contribution is 1.15. The summed E-state index contributed by atoms with van der Waals surface area (Å²) in [6.45, 7) is 0.758. The van der Waals surface area contributed by atoms with Crippen LogP contribution in [0.25, 0.3) is 0 Å². The van der Waals surface area contributed by atoms with Crippen molar-refractivity contribution in [3.05, 3.63) is 84.4 Å². The van der Waals surface area contributed by atoms with Crippen LogP contribution in [-0.4, -0.2) is 7.85 Å². The smallest absolute Gasteiger partial charge is 0.113 e. The van der Waals surface area contributed by atoms with Crippen molar-refractivity contribution in [1.82, 2.24) is 0 Å². The fourth-order valence-electron chi connectivity index (χ4n) is 2.26. The van der Waals surface area contributed by atoms with Gasteiger partial charge in [0.05, 0.1) is 11.4 Å². The van der Waals surface area contributed by atoms with Crippen LogP contribution in [0.1, 0.15) is 5.56 Å². The maximum atomic E-state index is 5.71. The van der Waals surface area contributed by atoms with Crippen molar-refractivity contribution in [2.45, 2.75) is 6.54 Å². The highest BCUT2D eigenvalue weighted by atomic mass is 15.0. The third-order valence-electron chi connectivity index (χ3n) is 3.44. The first kappa shape index (κ1) is 14.3. The quantitative estimate of drug-likeness (QED) is 0.696. The Hall–Kier alpha value is -2.68. The van der Waals surface area contributed by atoms with E-state index in [0.29, 0.717) is 0 Å². The maximum absolute atomic E-state index is 5.71. The summed E-state index contributed by atoms with van der Waals surface area (Å²) in [5.41, 5.74) is 5.19. The Bertz CT molecular complexity index is 724. The molecular formula is C19H17BN2. The van der Waals surface area contributed by atoms with E-state index >= 15 is 0 Å². The van der Waals surface area contributed by atoms with Crippen molar-refractivity contribution < 1.29 is 0 Å². The van der Waals surface area contributed by atoms with E-state index in [-0.39, 0.29) is 0 Å². The zero-order valence-corrected chi connectivity index (χ0v) is 12.3. The molecule has 0 fully saturated rings. The SMILES string of the molecule is [B]c1ccc(CNc2ccccc2Nc2ccccc2)cc1. The van der Waals surface area contributed by atoms with Gasteiger partial charge in [0.25, 0.3) is 0 Å². The molecule has 0 atom stereocenters. The Labute approximate surface area is 132 Å². The molecule has 2 nitrogen and oxygen atoms in total. The minimum Gasteiger partial charge on any atom is -0.379 e. The van der Waals surface area contributed by atoms with E-state index in [4.69, 9.17) is 7.85 Å². The second kappa shape index (κ2) is 6.86. The Kier molecular flexibility index (Phi) is 4.45. The van der Waals surface area contributed by atoms with Gasteiger partial charge in [-0.05, 0) is 29.8 Å². The number of hydrogen-bond donors (Lipinski definition) is 2. The zero-order valence-electron chi connectivity index (χ0n) is 12.3. The van der Waals surface area contributed by atoms with E-state index in [9.17, 15) is 0 Å². The van der Waals surface area contributed by atoms with Crippen LogP contribution in [-0.2, 0) is 6.54 Å². The second-order valence-electron chi connectivity index (χ2n) is 5.13. The number of benzene rings is 3. The molecule has 3 rings (SSSR count). The first-order chi connectivity index (χ1) is 10.8. The molecule has 2 N–H and O–H groups in total. The number of nitrogens with one attached hydrogen (secondary N) is 2. The van der Waals surface area contributed by atoms with E-state index in [1.807, 2.05) is 54.6 Å². The largest absolute Gasteiger partial charge is 0.379 e. The fraction of sp³-hybridized carbons (Fsp3) is 0.0526. The van der Waals surface area contributed by atoms with Crippen LogP contribution in [0.5, 0.6) is 0 Å². The molecule has 0 saturated heterocycles. The van der Waals surface area contributed by atoms with Crippen LogP contribution < -0.4 is 16.1 Å². The minimum absolute atomic E-state index is 0.758. The molecule has 3 heteroatoms. The molecule has 0 spiro atoms. The van der Waals surface area contributed by atoms with Crippen molar-refractivity contribution in [3.63, 3.8) is 0 Å². The van der Waals surface area contributed by atoms with Crippen LogP contribution >= 0.6 is 0 Å². The molecule has 0 amide bonds. The van der Waals surface area contributed by atoms with Gasteiger partial charge >= 0.3 is 0 Å². The van der Waals surface area contributed by atoms with E-state index in [2.05, 4.69) is 34.9 Å². The first-order valence-electron chi connectivity index (χ1n) is 7.31.